The molecule has 216 valence electrons. The van der Waals surface area contributed by atoms with Crippen molar-refractivity contribution in [1.82, 2.24) is 14.5 Å². The monoisotopic (exact) mass is 613 g/mol. The SMILES string of the molecule is CCn1c(-c2cc(C3C[C@H]4COC[C@@H](C3)N4C(=O)O)cnc2C(C)OC)c(CC(C)(C)CO)c2cc(Br)ccc21. The van der Waals surface area contributed by atoms with Gasteiger partial charge in [0, 0.05) is 47.4 Å². The number of morpholine rings is 1. The molecule has 8 nitrogen and oxygen atoms in total. The highest BCUT2D eigenvalue weighted by molar-refractivity contribution is 9.10. The lowest BCUT2D eigenvalue weighted by Crippen LogP contribution is -2.58. The lowest BCUT2D eigenvalue weighted by Gasteiger charge is -2.47. The molecule has 0 saturated carbocycles. The van der Waals surface area contributed by atoms with E-state index in [0.717, 1.165) is 44.4 Å². The number of hydrogen-bond acceptors (Lipinski definition) is 5. The van der Waals surface area contributed by atoms with Crippen LogP contribution >= 0.6 is 15.9 Å². The van der Waals surface area contributed by atoms with Crippen LogP contribution in [0.3, 0.4) is 0 Å². The van der Waals surface area contributed by atoms with Crippen molar-refractivity contribution in [3.63, 3.8) is 0 Å². The van der Waals surface area contributed by atoms with Crippen LogP contribution in [0.2, 0.25) is 0 Å². The summed E-state index contributed by atoms with van der Waals surface area (Å²) < 4.78 is 14.9. The third kappa shape index (κ3) is 5.29. The Bertz CT molecular complexity index is 1390. The van der Waals surface area contributed by atoms with Crippen LogP contribution in [0, 0.1) is 5.41 Å². The Morgan fingerprint density at radius 3 is 2.55 bits per heavy atom. The number of aryl methyl sites for hydroxylation is 1. The Balaban J connectivity index is 1.70. The topological polar surface area (TPSA) is 97.1 Å². The second-order valence-electron chi connectivity index (χ2n) is 12.0. The molecule has 40 heavy (non-hydrogen) atoms. The lowest BCUT2D eigenvalue weighted by molar-refractivity contribution is -0.0646. The van der Waals surface area contributed by atoms with Crippen LogP contribution in [0.5, 0.6) is 0 Å². The van der Waals surface area contributed by atoms with Crippen molar-refractivity contribution in [2.24, 2.45) is 5.41 Å². The minimum atomic E-state index is -0.866. The number of aromatic nitrogens is 2. The summed E-state index contributed by atoms with van der Waals surface area (Å²) in [5, 5.41) is 21.2. The number of methoxy groups -OCH3 is 1. The van der Waals surface area contributed by atoms with Gasteiger partial charge in [-0.15, -0.1) is 0 Å². The molecule has 2 unspecified atom stereocenters. The number of halogens is 1. The van der Waals surface area contributed by atoms with E-state index in [1.165, 1.54) is 5.56 Å². The van der Waals surface area contributed by atoms with Crippen molar-refractivity contribution in [2.75, 3.05) is 26.9 Å². The molecular formula is C31H40BrN3O5. The largest absolute Gasteiger partial charge is 0.465 e. The summed E-state index contributed by atoms with van der Waals surface area (Å²) in [7, 11) is 1.70. The van der Waals surface area contributed by atoms with E-state index in [-0.39, 0.29) is 36.1 Å². The van der Waals surface area contributed by atoms with Gasteiger partial charge in [0.15, 0.2) is 0 Å². The summed E-state index contributed by atoms with van der Waals surface area (Å²) in [5.74, 6) is 0.179. The average Bonchev–Trinajstić information content (AvgIpc) is 3.22. The number of aliphatic hydroxyl groups is 1. The fourth-order valence-corrected chi connectivity index (χ4v) is 6.95. The summed E-state index contributed by atoms with van der Waals surface area (Å²) >= 11 is 3.68. The van der Waals surface area contributed by atoms with Crippen molar-refractivity contribution in [2.45, 2.75) is 77.6 Å². The normalized spacial score (nSPS) is 22.1. The van der Waals surface area contributed by atoms with E-state index >= 15 is 0 Å². The molecule has 2 saturated heterocycles. The number of aliphatic hydroxyl groups excluding tert-OH is 1. The molecule has 2 aliphatic heterocycles. The second-order valence-corrected chi connectivity index (χ2v) is 12.9. The first kappa shape index (κ1) is 29.0. The molecule has 4 heterocycles. The molecule has 2 fully saturated rings. The van der Waals surface area contributed by atoms with Crippen molar-refractivity contribution < 1.29 is 24.5 Å². The molecule has 3 aromatic rings. The molecule has 2 bridgehead atoms. The van der Waals surface area contributed by atoms with E-state index in [2.05, 4.69) is 65.5 Å². The van der Waals surface area contributed by atoms with Gasteiger partial charge in [0.2, 0.25) is 0 Å². The Morgan fingerprint density at radius 1 is 1.25 bits per heavy atom. The van der Waals surface area contributed by atoms with Gasteiger partial charge in [0.1, 0.15) is 0 Å². The average molecular weight is 615 g/mol. The molecule has 2 N–H and O–H groups in total. The minimum absolute atomic E-state index is 0.0753. The maximum atomic E-state index is 12.0. The van der Waals surface area contributed by atoms with Crippen LogP contribution in [-0.2, 0) is 22.4 Å². The molecule has 9 heteroatoms. The molecule has 1 aromatic carbocycles. The predicted molar refractivity (Wildman–Crippen MR) is 159 cm³/mol. The molecule has 1 amide bonds. The van der Waals surface area contributed by atoms with Crippen LogP contribution in [0.1, 0.15) is 69.4 Å². The highest BCUT2D eigenvalue weighted by Gasteiger charge is 2.42. The predicted octanol–water partition coefficient (Wildman–Crippen LogP) is 6.38. The highest BCUT2D eigenvalue weighted by atomic mass is 79.9. The minimum Gasteiger partial charge on any atom is -0.465 e. The molecule has 2 aromatic heterocycles. The summed E-state index contributed by atoms with van der Waals surface area (Å²) in [5.41, 5.74) is 6.15. The third-order valence-corrected chi connectivity index (χ3v) is 9.17. The van der Waals surface area contributed by atoms with Crippen molar-refractivity contribution >= 4 is 32.9 Å². The number of carbonyl (C=O) groups is 1. The van der Waals surface area contributed by atoms with Gasteiger partial charge in [0.05, 0.1) is 42.8 Å². The van der Waals surface area contributed by atoms with Gasteiger partial charge >= 0.3 is 6.09 Å². The Labute approximate surface area is 244 Å². The highest BCUT2D eigenvalue weighted by Crippen LogP contribution is 2.44. The number of rotatable bonds is 8. The zero-order valence-corrected chi connectivity index (χ0v) is 25.6. The summed E-state index contributed by atoms with van der Waals surface area (Å²) in [6.45, 7) is 10.1. The zero-order valence-electron chi connectivity index (χ0n) is 24.0. The van der Waals surface area contributed by atoms with Crippen molar-refractivity contribution in [1.29, 1.82) is 0 Å². The number of amides is 1. The third-order valence-electron chi connectivity index (χ3n) is 8.68. The number of benzene rings is 1. The maximum Gasteiger partial charge on any atom is 0.407 e. The van der Waals surface area contributed by atoms with Gasteiger partial charge in [0.25, 0.3) is 0 Å². The number of piperidine rings is 1. The zero-order chi connectivity index (χ0) is 28.8. The molecule has 2 aliphatic rings. The van der Waals surface area contributed by atoms with Crippen LogP contribution in [0.4, 0.5) is 4.79 Å². The fourth-order valence-electron chi connectivity index (χ4n) is 6.59. The number of pyridine rings is 1. The van der Waals surface area contributed by atoms with Crippen LogP contribution in [0.25, 0.3) is 22.2 Å². The summed E-state index contributed by atoms with van der Waals surface area (Å²) in [4.78, 5) is 18.6. The first-order chi connectivity index (χ1) is 19.1. The number of nitrogens with zero attached hydrogens (tertiary/aromatic N) is 3. The maximum absolute atomic E-state index is 12.0. The van der Waals surface area contributed by atoms with Gasteiger partial charge in [-0.3, -0.25) is 9.88 Å². The van der Waals surface area contributed by atoms with Crippen LogP contribution in [0.15, 0.2) is 34.9 Å². The number of hydrogen-bond donors (Lipinski definition) is 2. The number of ether oxygens (including phenoxy) is 2. The standard InChI is InChI=1S/C31H40BrN3O5/c1-6-34-27-8-7-21(32)12-24(27)26(13-31(3,4)17-36)29(34)25-11-20(14-33-28(25)18(2)39-5)19-9-22-15-40-16-23(10-19)35(22)30(37)38/h7-8,11-12,14,18-19,22-23,36H,6,9-10,13,15-17H2,1-5H3,(H,37,38)/t18?,19?,22-,23+. The van der Waals surface area contributed by atoms with E-state index in [1.807, 2.05) is 13.1 Å². The molecule has 4 atom stereocenters. The molecular weight excluding hydrogens is 574 g/mol. The van der Waals surface area contributed by atoms with E-state index in [1.54, 1.807) is 12.0 Å². The lowest BCUT2D eigenvalue weighted by atomic mass is 9.80. The van der Waals surface area contributed by atoms with Gasteiger partial charge < -0.3 is 24.3 Å². The van der Waals surface area contributed by atoms with Gasteiger partial charge in [-0.1, -0.05) is 29.8 Å². The summed E-state index contributed by atoms with van der Waals surface area (Å²) in [6, 6.07) is 8.35. The first-order valence-corrected chi connectivity index (χ1v) is 14.9. The fraction of sp³-hybridized carbons (Fsp3) is 0.548. The number of fused-ring (bicyclic) bond motifs is 3. The smallest absolute Gasteiger partial charge is 0.407 e. The van der Waals surface area contributed by atoms with Crippen molar-refractivity contribution in [3.8, 4) is 11.3 Å². The van der Waals surface area contributed by atoms with E-state index in [0.29, 0.717) is 32.5 Å². The quantitative estimate of drug-likeness (QED) is 0.306. The van der Waals surface area contributed by atoms with E-state index < -0.39 is 6.09 Å². The van der Waals surface area contributed by atoms with Crippen LogP contribution < -0.4 is 0 Å². The Morgan fingerprint density at radius 2 is 1.95 bits per heavy atom. The first-order valence-electron chi connectivity index (χ1n) is 14.1. The van der Waals surface area contributed by atoms with E-state index in [4.69, 9.17) is 14.5 Å². The van der Waals surface area contributed by atoms with Crippen molar-refractivity contribution in [3.05, 3.63) is 51.8 Å². The van der Waals surface area contributed by atoms with Gasteiger partial charge in [-0.25, -0.2) is 4.79 Å². The number of carboxylic acid groups (broad SMARTS) is 1. The molecule has 0 aliphatic carbocycles. The summed E-state index contributed by atoms with van der Waals surface area (Å²) in [6.07, 6.45) is 2.98. The molecule has 0 spiro atoms. The molecule has 0 radical (unpaired) electrons. The Hall–Kier alpha value is -2.46. The van der Waals surface area contributed by atoms with Gasteiger partial charge in [-0.2, -0.15) is 0 Å². The second kappa shape index (κ2) is 11.4. The van der Waals surface area contributed by atoms with Gasteiger partial charge in [-0.05, 0) is 79.8 Å². The Kier molecular flexibility index (Phi) is 8.30. The van der Waals surface area contributed by atoms with E-state index in [9.17, 15) is 15.0 Å². The molecule has 5 rings (SSSR count). The van der Waals surface area contributed by atoms with Crippen LogP contribution in [-0.4, -0.2) is 69.8 Å².